The predicted octanol–water partition coefficient (Wildman–Crippen LogP) is 2.13. The molecule has 1 aromatic carbocycles. The zero-order chi connectivity index (χ0) is 11.4. The molecule has 0 radical (unpaired) electrons. The van der Waals surface area contributed by atoms with Gasteiger partial charge in [-0.05, 0) is 12.5 Å². The molecule has 0 saturated carbocycles. The standard InChI is InChI=1S/C10H12N4O2.ClH/c15-14(16)9-4-1-3-8(7-9)12-13-10-5-2-6-11-10;/h1,3-4,7,12H,2,5-6H2,(H,11,13);1H. The molecular formula is C10H13ClN4O2. The van der Waals surface area contributed by atoms with Gasteiger partial charge in [0.2, 0.25) is 0 Å². The Balaban J connectivity index is 0.00000144. The Labute approximate surface area is 105 Å². The van der Waals surface area contributed by atoms with Crippen molar-refractivity contribution in [1.29, 1.82) is 0 Å². The molecule has 17 heavy (non-hydrogen) atoms. The molecule has 1 heterocycles. The van der Waals surface area contributed by atoms with Crippen molar-refractivity contribution in [2.75, 3.05) is 12.0 Å². The highest BCUT2D eigenvalue weighted by molar-refractivity contribution is 5.85. The lowest BCUT2D eigenvalue weighted by Gasteiger charge is -2.08. The molecule has 1 aliphatic rings. The second-order valence-electron chi connectivity index (χ2n) is 3.49. The van der Waals surface area contributed by atoms with Crippen LogP contribution >= 0.6 is 12.4 Å². The monoisotopic (exact) mass is 256 g/mol. The fraction of sp³-hybridized carbons (Fsp3) is 0.300. The van der Waals surface area contributed by atoms with Crippen LogP contribution in [-0.4, -0.2) is 17.3 Å². The molecular weight excluding hydrogens is 244 g/mol. The molecule has 1 aliphatic heterocycles. The molecule has 0 aromatic heterocycles. The molecule has 0 saturated heterocycles. The van der Waals surface area contributed by atoms with Crippen LogP contribution in [0.3, 0.4) is 0 Å². The number of nitro benzene ring substituents is 1. The number of nitrogens with one attached hydrogen (secondary N) is 2. The Morgan fingerprint density at radius 3 is 2.82 bits per heavy atom. The second kappa shape index (κ2) is 6.05. The van der Waals surface area contributed by atoms with Crippen molar-refractivity contribution in [1.82, 2.24) is 5.43 Å². The van der Waals surface area contributed by atoms with Crippen molar-refractivity contribution < 1.29 is 4.92 Å². The van der Waals surface area contributed by atoms with Gasteiger partial charge in [0.25, 0.3) is 5.69 Å². The summed E-state index contributed by atoms with van der Waals surface area (Å²) in [5.74, 6) is 0.895. The van der Waals surface area contributed by atoms with Gasteiger partial charge in [-0.1, -0.05) is 6.07 Å². The van der Waals surface area contributed by atoms with Crippen LogP contribution in [-0.2, 0) is 0 Å². The van der Waals surface area contributed by atoms with Gasteiger partial charge in [-0.2, -0.15) is 0 Å². The third-order valence-corrected chi connectivity index (χ3v) is 2.28. The van der Waals surface area contributed by atoms with E-state index in [1.165, 1.54) is 12.1 Å². The summed E-state index contributed by atoms with van der Waals surface area (Å²) in [6, 6.07) is 6.33. The van der Waals surface area contributed by atoms with E-state index >= 15 is 0 Å². The number of hydrogen-bond acceptors (Lipinski definition) is 5. The number of hydrogen-bond donors (Lipinski definition) is 2. The summed E-state index contributed by atoms with van der Waals surface area (Å²) in [5, 5.41) is 10.5. The number of nitro groups is 1. The van der Waals surface area contributed by atoms with Crippen LogP contribution in [0, 0.1) is 10.1 Å². The SMILES string of the molecule is Cl.O=[N+]([O-])c1cccc(NNC2=NCCC2)c1. The van der Waals surface area contributed by atoms with Crippen LogP contribution in [0.4, 0.5) is 11.4 Å². The van der Waals surface area contributed by atoms with Crippen LogP contribution in [0.1, 0.15) is 12.8 Å². The normalized spacial score (nSPS) is 13.5. The van der Waals surface area contributed by atoms with E-state index in [-0.39, 0.29) is 18.1 Å². The number of anilines is 1. The molecule has 0 unspecified atom stereocenters. The summed E-state index contributed by atoms with van der Waals surface area (Å²) in [6.07, 6.45) is 1.97. The number of benzene rings is 1. The quantitative estimate of drug-likeness (QED) is 0.641. The smallest absolute Gasteiger partial charge is 0.271 e. The molecule has 7 heteroatoms. The van der Waals surface area contributed by atoms with Crippen molar-refractivity contribution in [3.05, 3.63) is 34.4 Å². The van der Waals surface area contributed by atoms with Crippen molar-refractivity contribution >= 4 is 29.6 Å². The average molecular weight is 257 g/mol. The van der Waals surface area contributed by atoms with Crippen LogP contribution in [0.25, 0.3) is 0 Å². The van der Waals surface area contributed by atoms with Crippen LogP contribution in [0.15, 0.2) is 29.3 Å². The fourth-order valence-electron chi connectivity index (χ4n) is 1.48. The first-order valence-electron chi connectivity index (χ1n) is 5.05. The average Bonchev–Trinajstić information content (AvgIpc) is 2.79. The number of rotatable bonds is 3. The summed E-state index contributed by atoms with van der Waals surface area (Å²) in [4.78, 5) is 14.3. The first-order valence-corrected chi connectivity index (χ1v) is 5.05. The highest BCUT2D eigenvalue weighted by Crippen LogP contribution is 2.16. The van der Waals surface area contributed by atoms with Gasteiger partial charge in [-0.3, -0.25) is 26.0 Å². The number of nitrogens with zero attached hydrogens (tertiary/aromatic N) is 2. The van der Waals surface area contributed by atoms with Crippen LogP contribution < -0.4 is 10.9 Å². The summed E-state index contributed by atoms with van der Waals surface area (Å²) in [7, 11) is 0. The zero-order valence-electron chi connectivity index (χ0n) is 9.05. The Morgan fingerprint density at radius 2 is 2.18 bits per heavy atom. The van der Waals surface area contributed by atoms with E-state index in [0.29, 0.717) is 5.69 Å². The minimum atomic E-state index is -0.418. The Bertz CT molecular complexity index is 436. The second-order valence-corrected chi connectivity index (χ2v) is 3.49. The van der Waals surface area contributed by atoms with E-state index in [2.05, 4.69) is 15.8 Å². The summed E-state index contributed by atoms with van der Waals surface area (Å²) < 4.78 is 0. The zero-order valence-corrected chi connectivity index (χ0v) is 9.87. The van der Waals surface area contributed by atoms with Gasteiger partial charge < -0.3 is 0 Å². The van der Waals surface area contributed by atoms with E-state index in [1.807, 2.05) is 0 Å². The minimum Gasteiger partial charge on any atom is -0.300 e. The molecule has 0 bridgehead atoms. The van der Waals surface area contributed by atoms with Gasteiger partial charge in [0, 0.05) is 25.1 Å². The summed E-state index contributed by atoms with van der Waals surface area (Å²) in [6.45, 7) is 0.846. The molecule has 0 aliphatic carbocycles. The van der Waals surface area contributed by atoms with Gasteiger partial charge in [0.15, 0.2) is 0 Å². The van der Waals surface area contributed by atoms with Crippen LogP contribution in [0.5, 0.6) is 0 Å². The number of hydrazine groups is 1. The van der Waals surface area contributed by atoms with E-state index in [9.17, 15) is 10.1 Å². The molecule has 92 valence electrons. The Kier molecular flexibility index (Phi) is 4.71. The maximum absolute atomic E-state index is 10.5. The molecule has 0 atom stereocenters. The predicted molar refractivity (Wildman–Crippen MR) is 68.6 cm³/mol. The van der Waals surface area contributed by atoms with Crippen molar-refractivity contribution in [2.45, 2.75) is 12.8 Å². The third kappa shape index (κ3) is 3.60. The van der Waals surface area contributed by atoms with E-state index in [1.54, 1.807) is 12.1 Å². The lowest BCUT2D eigenvalue weighted by molar-refractivity contribution is -0.384. The molecule has 6 nitrogen and oxygen atoms in total. The number of aliphatic imine (C=N–C) groups is 1. The first-order chi connectivity index (χ1) is 7.75. The number of amidine groups is 1. The largest absolute Gasteiger partial charge is 0.300 e. The highest BCUT2D eigenvalue weighted by Gasteiger charge is 2.07. The fourth-order valence-corrected chi connectivity index (χ4v) is 1.48. The Morgan fingerprint density at radius 1 is 1.35 bits per heavy atom. The molecule has 2 N–H and O–H groups in total. The molecule has 2 rings (SSSR count). The number of halogens is 1. The third-order valence-electron chi connectivity index (χ3n) is 2.28. The van der Waals surface area contributed by atoms with Crippen molar-refractivity contribution in [3.63, 3.8) is 0 Å². The van der Waals surface area contributed by atoms with E-state index < -0.39 is 4.92 Å². The minimum absolute atomic E-state index is 0. The lowest BCUT2D eigenvalue weighted by atomic mass is 10.3. The summed E-state index contributed by atoms with van der Waals surface area (Å²) in [5.41, 5.74) is 6.56. The van der Waals surface area contributed by atoms with Gasteiger partial charge in [0.05, 0.1) is 10.6 Å². The van der Waals surface area contributed by atoms with Crippen LogP contribution in [0.2, 0.25) is 0 Å². The highest BCUT2D eigenvalue weighted by atomic mass is 35.5. The van der Waals surface area contributed by atoms with Crippen molar-refractivity contribution in [3.8, 4) is 0 Å². The van der Waals surface area contributed by atoms with E-state index in [4.69, 9.17) is 0 Å². The molecule has 1 aromatic rings. The number of non-ortho nitro benzene ring substituents is 1. The van der Waals surface area contributed by atoms with Gasteiger partial charge in [0.1, 0.15) is 5.84 Å². The van der Waals surface area contributed by atoms with Gasteiger partial charge in [-0.25, -0.2) is 0 Å². The molecule has 0 spiro atoms. The maximum Gasteiger partial charge on any atom is 0.271 e. The van der Waals surface area contributed by atoms with E-state index in [0.717, 1.165) is 25.2 Å². The van der Waals surface area contributed by atoms with Crippen molar-refractivity contribution in [2.24, 2.45) is 4.99 Å². The molecule has 0 fully saturated rings. The molecule has 0 amide bonds. The van der Waals surface area contributed by atoms with Gasteiger partial charge in [-0.15, -0.1) is 12.4 Å². The lowest BCUT2D eigenvalue weighted by Crippen LogP contribution is -2.27. The summed E-state index contributed by atoms with van der Waals surface area (Å²) >= 11 is 0. The van der Waals surface area contributed by atoms with Gasteiger partial charge >= 0.3 is 0 Å². The Hall–Kier alpha value is -1.82. The maximum atomic E-state index is 10.5. The first kappa shape index (κ1) is 13.2. The topological polar surface area (TPSA) is 79.6 Å².